The van der Waals surface area contributed by atoms with E-state index in [9.17, 15) is 0 Å². The Morgan fingerprint density at radius 1 is 1.53 bits per heavy atom. The van der Waals surface area contributed by atoms with Crippen molar-refractivity contribution in [1.82, 2.24) is 10.3 Å². The van der Waals surface area contributed by atoms with Crippen molar-refractivity contribution in [1.29, 1.82) is 0 Å². The molecule has 0 saturated carbocycles. The number of rotatable bonds is 3. The fourth-order valence-corrected chi connectivity index (χ4v) is 4.47. The van der Waals surface area contributed by atoms with Gasteiger partial charge in [0.2, 0.25) is 0 Å². The van der Waals surface area contributed by atoms with Crippen molar-refractivity contribution in [2.75, 3.05) is 11.5 Å². The van der Waals surface area contributed by atoms with E-state index in [0.717, 1.165) is 11.4 Å². The third-order valence-corrected chi connectivity index (χ3v) is 4.97. The van der Waals surface area contributed by atoms with Crippen LogP contribution in [0.4, 0.5) is 0 Å². The van der Waals surface area contributed by atoms with Gasteiger partial charge in [0.1, 0.15) is 5.01 Å². The summed E-state index contributed by atoms with van der Waals surface area (Å²) >= 11 is 3.83. The fourth-order valence-electron chi connectivity index (χ4n) is 2.04. The van der Waals surface area contributed by atoms with Gasteiger partial charge in [-0.3, -0.25) is 0 Å². The van der Waals surface area contributed by atoms with Crippen LogP contribution in [0.2, 0.25) is 0 Å². The maximum atomic E-state index is 4.66. The van der Waals surface area contributed by atoms with E-state index in [4.69, 9.17) is 0 Å². The van der Waals surface area contributed by atoms with E-state index in [2.05, 4.69) is 36.5 Å². The Bertz CT molecular complexity index is 327. The first-order valence-corrected chi connectivity index (χ1v) is 7.44. The summed E-state index contributed by atoms with van der Waals surface area (Å²) in [6.45, 7) is 6.50. The second-order valence-electron chi connectivity index (χ2n) is 4.48. The Kier molecular flexibility index (Phi) is 3.38. The van der Waals surface area contributed by atoms with Gasteiger partial charge in [-0.15, -0.1) is 11.3 Å². The highest BCUT2D eigenvalue weighted by Crippen LogP contribution is 2.38. The Hall–Kier alpha value is -0.0600. The molecule has 0 amide bonds. The monoisotopic (exact) mass is 242 g/mol. The van der Waals surface area contributed by atoms with Gasteiger partial charge in [-0.2, -0.15) is 11.8 Å². The molecule has 0 aromatic carbocycles. The van der Waals surface area contributed by atoms with E-state index in [0.29, 0.717) is 6.04 Å². The summed E-state index contributed by atoms with van der Waals surface area (Å²) in [4.78, 5) is 4.66. The quantitative estimate of drug-likeness (QED) is 0.882. The number of aryl methyl sites for hydroxylation is 1. The van der Waals surface area contributed by atoms with E-state index in [1.54, 1.807) is 11.3 Å². The second-order valence-corrected chi connectivity index (χ2v) is 6.44. The summed E-state index contributed by atoms with van der Waals surface area (Å²) in [6, 6.07) is 0.521. The summed E-state index contributed by atoms with van der Waals surface area (Å²) in [5.74, 6) is 2.41. The van der Waals surface area contributed by atoms with E-state index in [1.807, 2.05) is 11.8 Å². The molecule has 0 bridgehead atoms. The minimum Gasteiger partial charge on any atom is -0.302 e. The molecule has 1 unspecified atom stereocenters. The molecule has 1 aromatic heterocycles. The first-order valence-electron chi connectivity index (χ1n) is 5.40. The Balaban J connectivity index is 2.26. The SMILES string of the molecule is Cc1csc(C2(NC(C)C)CCSC2)n1. The average molecular weight is 242 g/mol. The van der Waals surface area contributed by atoms with Crippen molar-refractivity contribution < 1.29 is 0 Å². The van der Waals surface area contributed by atoms with Gasteiger partial charge in [0.15, 0.2) is 0 Å². The van der Waals surface area contributed by atoms with Crippen LogP contribution in [0, 0.1) is 6.92 Å². The van der Waals surface area contributed by atoms with Crippen LogP contribution in [0.5, 0.6) is 0 Å². The Morgan fingerprint density at radius 3 is 2.80 bits per heavy atom. The van der Waals surface area contributed by atoms with Crippen molar-refractivity contribution >= 4 is 23.1 Å². The van der Waals surface area contributed by atoms with Crippen LogP contribution in [0.1, 0.15) is 31.0 Å². The van der Waals surface area contributed by atoms with Crippen molar-refractivity contribution in [2.45, 2.75) is 38.8 Å². The lowest BCUT2D eigenvalue weighted by Gasteiger charge is -2.29. The lowest BCUT2D eigenvalue weighted by Crippen LogP contribution is -2.46. The lowest BCUT2D eigenvalue weighted by molar-refractivity contribution is 0.341. The molecule has 2 rings (SSSR count). The Morgan fingerprint density at radius 2 is 2.33 bits per heavy atom. The minimum absolute atomic E-state index is 0.151. The topological polar surface area (TPSA) is 24.9 Å². The molecule has 0 radical (unpaired) electrons. The molecule has 84 valence electrons. The van der Waals surface area contributed by atoms with Crippen LogP contribution in [-0.4, -0.2) is 22.5 Å². The van der Waals surface area contributed by atoms with E-state index < -0.39 is 0 Å². The molecule has 4 heteroatoms. The van der Waals surface area contributed by atoms with Gasteiger partial charge in [0.05, 0.1) is 5.54 Å². The van der Waals surface area contributed by atoms with Gasteiger partial charge in [-0.05, 0) is 32.9 Å². The van der Waals surface area contributed by atoms with Gasteiger partial charge in [0.25, 0.3) is 0 Å². The summed E-state index contributed by atoms with van der Waals surface area (Å²) in [5, 5.41) is 7.14. The van der Waals surface area contributed by atoms with Crippen molar-refractivity contribution in [3.05, 3.63) is 16.1 Å². The summed E-state index contributed by atoms with van der Waals surface area (Å²) in [6.07, 6.45) is 1.21. The highest BCUT2D eigenvalue weighted by Gasteiger charge is 2.38. The van der Waals surface area contributed by atoms with E-state index >= 15 is 0 Å². The molecule has 1 saturated heterocycles. The van der Waals surface area contributed by atoms with Crippen LogP contribution in [0.3, 0.4) is 0 Å². The molecule has 1 fully saturated rings. The smallest absolute Gasteiger partial charge is 0.114 e. The first-order chi connectivity index (χ1) is 7.12. The maximum Gasteiger partial charge on any atom is 0.114 e. The van der Waals surface area contributed by atoms with Gasteiger partial charge < -0.3 is 5.32 Å². The highest BCUT2D eigenvalue weighted by atomic mass is 32.2. The van der Waals surface area contributed by atoms with Crippen molar-refractivity contribution in [3.63, 3.8) is 0 Å². The zero-order valence-corrected chi connectivity index (χ0v) is 11.2. The molecule has 0 spiro atoms. The molecular weight excluding hydrogens is 224 g/mol. The molecule has 1 aliphatic heterocycles. The third-order valence-electron chi connectivity index (χ3n) is 2.62. The van der Waals surface area contributed by atoms with Crippen LogP contribution in [0.15, 0.2) is 5.38 Å². The summed E-state index contributed by atoms with van der Waals surface area (Å²) in [5.41, 5.74) is 1.30. The molecule has 2 heterocycles. The molecule has 1 atom stereocenters. The molecule has 0 aliphatic carbocycles. The van der Waals surface area contributed by atoms with Gasteiger partial charge in [0, 0.05) is 22.9 Å². The average Bonchev–Trinajstić information content (AvgIpc) is 2.73. The first kappa shape index (κ1) is 11.4. The van der Waals surface area contributed by atoms with Gasteiger partial charge >= 0.3 is 0 Å². The van der Waals surface area contributed by atoms with Crippen molar-refractivity contribution in [3.8, 4) is 0 Å². The third kappa shape index (κ3) is 2.37. The molecule has 1 N–H and O–H groups in total. The van der Waals surface area contributed by atoms with Crippen LogP contribution >= 0.6 is 23.1 Å². The molecule has 1 aliphatic rings. The lowest BCUT2D eigenvalue weighted by atomic mass is 9.99. The normalized spacial score (nSPS) is 26.4. The number of nitrogens with zero attached hydrogens (tertiary/aromatic N) is 1. The molecule has 2 nitrogen and oxygen atoms in total. The van der Waals surface area contributed by atoms with Crippen LogP contribution in [0.25, 0.3) is 0 Å². The number of thioether (sulfide) groups is 1. The number of hydrogen-bond acceptors (Lipinski definition) is 4. The summed E-state index contributed by atoms with van der Waals surface area (Å²) in [7, 11) is 0. The summed E-state index contributed by atoms with van der Waals surface area (Å²) < 4.78 is 0. The maximum absolute atomic E-state index is 4.66. The number of aromatic nitrogens is 1. The number of thiazole rings is 1. The predicted molar refractivity (Wildman–Crippen MR) is 68.7 cm³/mol. The van der Waals surface area contributed by atoms with Gasteiger partial charge in [-0.1, -0.05) is 0 Å². The van der Waals surface area contributed by atoms with Crippen LogP contribution in [-0.2, 0) is 5.54 Å². The van der Waals surface area contributed by atoms with Crippen LogP contribution < -0.4 is 5.32 Å². The van der Waals surface area contributed by atoms with Gasteiger partial charge in [-0.25, -0.2) is 4.98 Å². The largest absolute Gasteiger partial charge is 0.302 e. The number of hydrogen-bond donors (Lipinski definition) is 1. The highest BCUT2D eigenvalue weighted by molar-refractivity contribution is 7.99. The molecule has 1 aromatic rings. The fraction of sp³-hybridized carbons (Fsp3) is 0.727. The molecule has 15 heavy (non-hydrogen) atoms. The number of nitrogens with one attached hydrogen (secondary N) is 1. The second kappa shape index (κ2) is 4.44. The standard InChI is InChI=1S/C11H18N2S2/c1-8(2)13-11(4-5-14-7-11)10-12-9(3)6-15-10/h6,8,13H,4-5,7H2,1-3H3. The van der Waals surface area contributed by atoms with Crippen molar-refractivity contribution in [2.24, 2.45) is 0 Å². The molecular formula is C11H18N2S2. The van der Waals surface area contributed by atoms with E-state index in [1.165, 1.54) is 17.2 Å². The predicted octanol–water partition coefficient (Wildman–Crippen LogP) is 2.78. The minimum atomic E-state index is 0.151. The zero-order valence-electron chi connectivity index (χ0n) is 9.54. The zero-order chi connectivity index (χ0) is 10.9. The van der Waals surface area contributed by atoms with E-state index in [-0.39, 0.29) is 5.54 Å². The Labute approximate surface area is 99.9 Å².